The van der Waals surface area contributed by atoms with Crippen molar-refractivity contribution < 1.29 is 39.6 Å². The first kappa shape index (κ1) is 23.5. The van der Waals surface area contributed by atoms with E-state index in [2.05, 4.69) is 6.58 Å². The fourth-order valence-electron chi connectivity index (χ4n) is 0.675. The van der Waals surface area contributed by atoms with E-state index in [1.54, 1.807) is 6.08 Å². The Hall–Kier alpha value is -2.64. The summed E-state index contributed by atoms with van der Waals surface area (Å²) in [5.74, 6) is -5.37. The molecule has 8 heteroatoms. The van der Waals surface area contributed by atoms with Crippen LogP contribution in [0.4, 0.5) is 0 Å². The molecule has 0 heterocycles. The molecule has 21 heavy (non-hydrogen) atoms. The highest BCUT2D eigenvalue weighted by molar-refractivity contribution is 5.87. The molecule has 0 aliphatic carbocycles. The molecular weight excluding hydrogens is 284 g/mol. The number of carbonyl (C=O) groups is 4. The highest BCUT2D eigenvalue weighted by Crippen LogP contribution is 1.96. The van der Waals surface area contributed by atoms with Gasteiger partial charge in [0, 0.05) is 11.9 Å². The number of carboxylic acids is 4. The van der Waals surface area contributed by atoms with Crippen molar-refractivity contribution >= 4 is 23.9 Å². The molecule has 0 aliphatic rings. The van der Waals surface area contributed by atoms with E-state index >= 15 is 0 Å². The van der Waals surface area contributed by atoms with Crippen molar-refractivity contribution in [3.8, 4) is 0 Å². The predicted octanol–water partition coefficient (Wildman–Crippen LogP) is -3.72. The summed E-state index contributed by atoms with van der Waals surface area (Å²) < 4.78 is 0. The molecular formula is C13H16O8-4. The van der Waals surface area contributed by atoms with E-state index in [4.69, 9.17) is 0 Å². The van der Waals surface area contributed by atoms with Crippen molar-refractivity contribution in [1.29, 1.82) is 0 Å². The fraction of sp³-hybridized carbons (Fsp3) is 0.385. The molecule has 0 amide bonds. The molecule has 120 valence electrons. The summed E-state index contributed by atoms with van der Waals surface area (Å²) in [6.07, 6.45) is 3.05. The van der Waals surface area contributed by atoms with Gasteiger partial charge in [0.1, 0.15) is 0 Å². The van der Waals surface area contributed by atoms with E-state index in [-0.39, 0.29) is 12.8 Å². The maximum Gasteiger partial charge on any atom is 0.0643 e. The summed E-state index contributed by atoms with van der Waals surface area (Å²) in [5.41, 5.74) is 0. The van der Waals surface area contributed by atoms with Gasteiger partial charge < -0.3 is 39.6 Å². The van der Waals surface area contributed by atoms with Crippen LogP contribution >= 0.6 is 0 Å². The highest BCUT2D eigenvalue weighted by Gasteiger charge is 1.89. The van der Waals surface area contributed by atoms with Crippen molar-refractivity contribution in [1.82, 2.24) is 0 Å². The predicted molar refractivity (Wildman–Crippen MR) is 63.5 cm³/mol. The first-order valence-electron chi connectivity index (χ1n) is 5.74. The third kappa shape index (κ3) is 46.7. The van der Waals surface area contributed by atoms with E-state index in [9.17, 15) is 39.6 Å². The van der Waals surface area contributed by atoms with Crippen LogP contribution in [-0.4, -0.2) is 23.9 Å². The summed E-state index contributed by atoms with van der Waals surface area (Å²) in [4.78, 5) is 38.4. The lowest BCUT2D eigenvalue weighted by molar-refractivity contribution is -0.308. The number of carboxylic acid groups (broad SMARTS) is 4. The second kappa shape index (κ2) is 17.4. The van der Waals surface area contributed by atoms with Gasteiger partial charge >= 0.3 is 0 Å². The quantitative estimate of drug-likeness (QED) is 0.263. The molecule has 8 nitrogen and oxygen atoms in total. The van der Waals surface area contributed by atoms with Crippen LogP contribution in [0.5, 0.6) is 0 Å². The minimum atomic E-state index is -1.55. The molecule has 0 N–H and O–H groups in total. The van der Waals surface area contributed by atoms with Gasteiger partial charge in [0.25, 0.3) is 0 Å². The van der Waals surface area contributed by atoms with Crippen LogP contribution in [0.3, 0.4) is 0 Å². The average Bonchev–Trinajstić information content (AvgIpc) is 2.33. The third-order valence-electron chi connectivity index (χ3n) is 1.37. The summed E-state index contributed by atoms with van der Waals surface area (Å²) in [6, 6.07) is 0. The molecule has 0 unspecified atom stereocenters. The smallest absolute Gasteiger partial charge is 0.0643 e. The number of allylic oxidation sites excluding steroid dienone is 1. The number of carbonyl (C=O) groups excluding carboxylic acids is 4. The van der Waals surface area contributed by atoms with E-state index < -0.39 is 23.9 Å². The molecule has 0 fully saturated rings. The topological polar surface area (TPSA) is 161 Å². The molecule has 0 aromatic heterocycles. The van der Waals surface area contributed by atoms with Crippen molar-refractivity contribution in [3.63, 3.8) is 0 Å². The molecule has 0 aromatic rings. The molecule has 0 rings (SSSR count). The zero-order valence-corrected chi connectivity index (χ0v) is 11.5. The van der Waals surface area contributed by atoms with Gasteiger partial charge in [0.15, 0.2) is 0 Å². The van der Waals surface area contributed by atoms with Crippen LogP contribution in [0, 0.1) is 0 Å². The maximum absolute atomic E-state index is 9.77. The van der Waals surface area contributed by atoms with E-state index in [0.717, 1.165) is 0 Å². The molecule has 0 bridgehead atoms. The van der Waals surface area contributed by atoms with Crippen molar-refractivity contribution in [2.24, 2.45) is 0 Å². The van der Waals surface area contributed by atoms with Gasteiger partial charge in [0.05, 0.1) is 11.9 Å². The van der Waals surface area contributed by atoms with E-state index in [1.165, 1.54) is 0 Å². The normalized spacial score (nSPS) is 8.62. The molecule has 0 spiro atoms. The second-order valence-electron chi connectivity index (χ2n) is 3.33. The van der Waals surface area contributed by atoms with Crippen LogP contribution < -0.4 is 20.4 Å². The van der Waals surface area contributed by atoms with Gasteiger partial charge in [-0.3, -0.25) is 0 Å². The Morgan fingerprint density at radius 3 is 1.19 bits per heavy atom. The van der Waals surface area contributed by atoms with E-state index in [0.29, 0.717) is 25.0 Å². The Bertz CT molecular complexity index is 338. The zero-order valence-electron chi connectivity index (χ0n) is 11.5. The SMILES string of the molecule is C=CC.O=C([O-])/C=C/C(=O)[O-].O=C([O-])CCCCC(=O)[O-]. The molecule has 0 saturated heterocycles. The average molecular weight is 300 g/mol. The Balaban J connectivity index is -0.000000264. The number of hydrogen-bond acceptors (Lipinski definition) is 8. The molecule has 0 radical (unpaired) electrons. The zero-order chi connectivity index (χ0) is 17.3. The van der Waals surface area contributed by atoms with Gasteiger partial charge in [-0.2, -0.15) is 0 Å². The maximum atomic E-state index is 9.77. The third-order valence-corrected chi connectivity index (χ3v) is 1.37. The van der Waals surface area contributed by atoms with Gasteiger partial charge in [-0.1, -0.05) is 6.08 Å². The summed E-state index contributed by atoms with van der Waals surface area (Å²) >= 11 is 0. The molecule has 0 saturated carbocycles. The number of unbranched alkanes of at least 4 members (excludes halogenated alkanes) is 1. The van der Waals surface area contributed by atoms with Crippen LogP contribution in [0.15, 0.2) is 24.8 Å². The minimum absolute atomic E-state index is 0.0761. The van der Waals surface area contributed by atoms with Crippen molar-refractivity contribution in [2.45, 2.75) is 32.6 Å². The number of aliphatic carboxylic acids is 4. The largest absolute Gasteiger partial charge is 0.550 e. The Morgan fingerprint density at radius 1 is 0.810 bits per heavy atom. The summed E-state index contributed by atoms with van der Waals surface area (Å²) in [6.45, 7) is 5.25. The number of hydrogen-bond donors (Lipinski definition) is 0. The first-order chi connectivity index (χ1) is 9.67. The lowest BCUT2D eigenvalue weighted by Gasteiger charge is -2.01. The fourth-order valence-corrected chi connectivity index (χ4v) is 0.675. The van der Waals surface area contributed by atoms with Gasteiger partial charge in [-0.05, 0) is 44.8 Å². The minimum Gasteiger partial charge on any atom is -0.550 e. The van der Waals surface area contributed by atoms with E-state index in [1.807, 2.05) is 6.92 Å². The lowest BCUT2D eigenvalue weighted by Crippen LogP contribution is -2.23. The Morgan fingerprint density at radius 2 is 1.05 bits per heavy atom. The van der Waals surface area contributed by atoms with Crippen molar-refractivity contribution in [3.05, 3.63) is 24.8 Å². The summed E-state index contributed by atoms with van der Waals surface area (Å²) in [7, 11) is 0. The Kier molecular flexibility index (Phi) is 19.4. The van der Waals surface area contributed by atoms with Gasteiger partial charge in [0.2, 0.25) is 0 Å². The highest BCUT2D eigenvalue weighted by atomic mass is 16.4. The molecule has 0 aliphatic heterocycles. The second-order valence-corrected chi connectivity index (χ2v) is 3.33. The van der Waals surface area contributed by atoms with Gasteiger partial charge in [-0.25, -0.2) is 0 Å². The Labute approximate surface area is 122 Å². The standard InChI is InChI=1S/C6H10O4.C4H4O4.C3H6/c7-5(8)3-1-2-4-6(9)10;5-3(6)1-2-4(7)8;1-3-2/h1-4H2,(H,7,8)(H,9,10);1-2H,(H,5,6)(H,7,8);3H,1H2,2H3/p-4/b;2-1+;. The monoisotopic (exact) mass is 300 g/mol. The van der Waals surface area contributed by atoms with Crippen LogP contribution in [0.2, 0.25) is 0 Å². The van der Waals surface area contributed by atoms with Crippen LogP contribution in [0.1, 0.15) is 32.6 Å². The van der Waals surface area contributed by atoms with Crippen LogP contribution in [-0.2, 0) is 19.2 Å². The summed E-state index contributed by atoms with van der Waals surface area (Å²) in [5, 5.41) is 38.4. The number of rotatable bonds is 7. The first-order valence-corrected chi connectivity index (χ1v) is 5.74. The van der Waals surface area contributed by atoms with Gasteiger partial charge in [-0.15, -0.1) is 6.58 Å². The van der Waals surface area contributed by atoms with Crippen LogP contribution in [0.25, 0.3) is 0 Å². The molecule has 0 atom stereocenters. The lowest BCUT2D eigenvalue weighted by atomic mass is 10.2. The van der Waals surface area contributed by atoms with Crippen molar-refractivity contribution in [2.75, 3.05) is 0 Å². The molecule has 0 aromatic carbocycles.